The summed E-state index contributed by atoms with van der Waals surface area (Å²) < 4.78 is 33.2. The molecule has 9 heteroatoms. The molecule has 3 heterocycles. The zero-order valence-electron chi connectivity index (χ0n) is 17.0. The number of benzene rings is 1. The maximum atomic E-state index is 12.9. The number of nitrogens with zero attached hydrogens (tertiary/aromatic N) is 4. The molecule has 0 spiro atoms. The van der Waals surface area contributed by atoms with Crippen molar-refractivity contribution in [2.45, 2.75) is 17.6 Å². The van der Waals surface area contributed by atoms with Crippen molar-refractivity contribution in [3.63, 3.8) is 0 Å². The first kappa shape index (κ1) is 20.8. The van der Waals surface area contributed by atoms with Crippen LogP contribution in [0.15, 0.2) is 52.7 Å². The molecule has 7 nitrogen and oxygen atoms in total. The van der Waals surface area contributed by atoms with Crippen molar-refractivity contribution in [1.82, 2.24) is 14.5 Å². The summed E-state index contributed by atoms with van der Waals surface area (Å²) in [5.74, 6) is 1.49. The molecule has 1 aromatic carbocycles. The fraction of sp³-hybridized carbons (Fsp3) is 0.333. The van der Waals surface area contributed by atoms with Crippen LogP contribution < -0.4 is 9.64 Å². The summed E-state index contributed by atoms with van der Waals surface area (Å²) in [5.41, 5.74) is 1.62. The van der Waals surface area contributed by atoms with E-state index in [0.29, 0.717) is 30.4 Å². The maximum absolute atomic E-state index is 12.9. The molecule has 0 radical (unpaired) electrons. The number of aromatic nitrogens is 2. The predicted octanol–water partition coefficient (Wildman–Crippen LogP) is 3.29. The molecule has 158 valence electrons. The number of hydrogen-bond donors (Lipinski definition) is 0. The van der Waals surface area contributed by atoms with Crippen LogP contribution in [-0.2, 0) is 16.4 Å². The van der Waals surface area contributed by atoms with Gasteiger partial charge in [0.2, 0.25) is 0 Å². The van der Waals surface area contributed by atoms with Crippen molar-refractivity contribution in [3.8, 4) is 17.0 Å². The number of piperazine rings is 1. The molecule has 1 aliphatic heterocycles. The second-order valence-electron chi connectivity index (χ2n) is 6.94. The Morgan fingerprint density at radius 1 is 1.00 bits per heavy atom. The van der Waals surface area contributed by atoms with Gasteiger partial charge in [-0.1, -0.05) is 19.1 Å². The van der Waals surface area contributed by atoms with Crippen molar-refractivity contribution in [2.24, 2.45) is 0 Å². The van der Waals surface area contributed by atoms with Crippen molar-refractivity contribution in [2.75, 3.05) is 38.2 Å². The Balaban J connectivity index is 1.44. The minimum Gasteiger partial charge on any atom is -0.496 e. The summed E-state index contributed by atoms with van der Waals surface area (Å²) in [6, 6.07) is 15.1. The number of aryl methyl sites for hydroxylation is 1. The normalized spacial score (nSPS) is 15.3. The molecule has 1 saturated heterocycles. The summed E-state index contributed by atoms with van der Waals surface area (Å²) >= 11 is 1.36. The van der Waals surface area contributed by atoms with Crippen LogP contribution in [0.25, 0.3) is 11.3 Å². The molecule has 0 saturated carbocycles. The number of ether oxygens (including phenoxy) is 1. The second-order valence-corrected chi connectivity index (χ2v) is 10.3. The van der Waals surface area contributed by atoms with Crippen LogP contribution in [0.3, 0.4) is 0 Å². The summed E-state index contributed by atoms with van der Waals surface area (Å²) in [4.78, 5) is 3.15. The number of sulfonamides is 1. The average molecular weight is 445 g/mol. The van der Waals surface area contributed by atoms with Crippen molar-refractivity contribution in [1.29, 1.82) is 0 Å². The van der Waals surface area contributed by atoms with E-state index in [1.807, 2.05) is 49.4 Å². The fourth-order valence-corrected chi connectivity index (χ4v) is 6.34. The summed E-state index contributed by atoms with van der Waals surface area (Å²) in [6.07, 6.45) is 0.845. The van der Waals surface area contributed by atoms with E-state index in [1.54, 1.807) is 17.5 Å². The lowest BCUT2D eigenvalue weighted by Gasteiger charge is -2.34. The molecule has 0 amide bonds. The third kappa shape index (κ3) is 4.05. The van der Waals surface area contributed by atoms with Crippen molar-refractivity contribution >= 4 is 27.2 Å². The topological polar surface area (TPSA) is 75.6 Å². The first-order chi connectivity index (χ1) is 14.5. The van der Waals surface area contributed by atoms with E-state index >= 15 is 0 Å². The fourth-order valence-electron chi connectivity index (χ4n) is 3.47. The second kappa shape index (κ2) is 8.71. The smallest absolute Gasteiger partial charge is 0.252 e. The summed E-state index contributed by atoms with van der Waals surface area (Å²) in [6.45, 7) is 4.04. The summed E-state index contributed by atoms with van der Waals surface area (Å²) in [5, 5.41) is 8.73. The Morgan fingerprint density at radius 2 is 1.77 bits per heavy atom. The van der Waals surface area contributed by atoms with E-state index in [1.165, 1.54) is 11.3 Å². The van der Waals surface area contributed by atoms with Gasteiger partial charge in [-0.3, -0.25) is 0 Å². The highest BCUT2D eigenvalue weighted by atomic mass is 32.2. The van der Waals surface area contributed by atoms with Gasteiger partial charge in [-0.05, 0) is 42.8 Å². The molecule has 0 aliphatic carbocycles. The number of hydrogen-bond acceptors (Lipinski definition) is 7. The van der Waals surface area contributed by atoms with Gasteiger partial charge in [0.05, 0.1) is 12.8 Å². The van der Waals surface area contributed by atoms with Gasteiger partial charge in [-0.25, -0.2) is 8.42 Å². The molecule has 3 aromatic rings. The Kier molecular flexibility index (Phi) is 6.03. The molecule has 1 aliphatic rings. The lowest BCUT2D eigenvalue weighted by molar-refractivity contribution is 0.384. The zero-order valence-corrected chi connectivity index (χ0v) is 18.6. The number of thiophene rings is 1. The molecule has 0 unspecified atom stereocenters. The monoisotopic (exact) mass is 444 g/mol. The third-order valence-electron chi connectivity index (χ3n) is 5.18. The molecule has 2 aromatic heterocycles. The van der Waals surface area contributed by atoms with Crippen molar-refractivity contribution < 1.29 is 13.2 Å². The Bertz CT molecular complexity index is 1110. The van der Waals surface area contributed by atoms with E-state index in [2.05, 4.69) is 15.1 Å². The van der Waals surface area contributed by atoms with Gasteiger partial charge in [0, 0.05) is 36.6 Å². The van der Waals surface area contributed by atoms with Gasteiger partial charge in [-0.15, -0.1) is 21.5 Å². The number of anilines is 1. The SMILES string of the molecule is CCc1ccc(S(=O)(=O)N2CCN(c3ccc(-c4ccccc4OC)nn3)CC2)s1. The van der Waals surface area contributed by atoms with Crippen LogP contribution in [-0.4, -0.2) is 56.2 Å². The molecule has 0 N–H and O–H groups in total. The minimum absolute atomic E-state index is 0.425. The van der Waals surface area contributed by atoms with Gasteiger partial charge >= 0.3 is 0 Å². The van der Waals surface area contributed by atoms with E-state index in [-0.39, 0.29) is 0 Å². The molecule has 1 fully saturated rings. The van der Waals surface area contributed by atoms with E-state index < -0.39 is 10.0 Å². The van der Waals surface area contributed by atoms with Crippen LogP contribution in [0.1, 0.15) is 11.8 Å². The number of para-hydroxylation sites is 1. The molecular weight excluding hydrogens is 420 g/mol. The summed E-state index contributed by atoms with van der Waals surface area (Å²) in [7, 11) is -1.80. The van der Waals surface area contributed by atoms with Crippen LogP contribution in [0.4, 0.5) is 5.82 Å². The van der Waals surface area contributed by atoms with Gasteiger partial charge < -0.3 is 9.64 Å². The van der Waals surface area contributed by atoms with Gasteiger partial charge in [0.25, 0.3) is 10.0 Å². The molecule has 0 bridgehead atoms. The number of methoxy groups -OCH3 is 1. The van der Waals surface area contributed by atoms with E-state index in [4.69, 9.17) is 4.74 Å². The minimum atomic E-state index is -3.43. The average Bonchev–Trinajstić information content (AvgIpc) is 3.30. The Hall–Kier alpha value is -2.49. The van der Waals surface area contributed by atoms with Crippen LogP contribution in [0, 0.1) is 0 Å². The quantitative estimate of drug-likeness (QED) is 0.581. The lowest BCUT2D eigenvalue weighted by atomic mass is 10.1. The highest BCUT2D eigenvalue weighted by molar-refractivity contribution is 7.91. The highest BCUT2D eigenvalue weighted by Crippen LogP contribution is 2.29. The van der Waals surface area contributed by atoms with Crippen molar-refractivity contribution in [3.05, 3.63) is 53.4 Å². The third-order valence-corrected chi connectivity index (χ3v) is 8.77. The first-order valence-electron chi connectivity index (χ1n) is 9.84. The van der Waals surface area contributed by atoms with Crippen LogP contribution >= 0.6 is 11.3 Å². The lowest BCUT2D eigenvalue weighted by Crippen LogP contribution is -2.48. The largest absolute Gasteiger partial charge is 0.496 e. The van der Waals surface area contributed by atoms with Gasteiger partial charge in [-0.2, -0.15) is 4.31 Å². The number of rotatable bonds is 6. The Morgan fingerprint density at radius 3 is 2.40 bits per heavy atom. The first-order valence-corrected chi connectivity index (χ1v) is 12.1. The van der Waals surface area contributed by atoms with E-state index in [9.17, 15) is 8.42 Å². The predicted molar refractivity (Wildman–Crippen MR) is 119 cm³/mol. The Labute approximate surface area is 181 Å². The zero-order chi connectivity index (χ0) is 21.1. The molecular formula is C21H24N4O3S2. The van der Waals surface area contributed by atoms with Crippen LogP contribution in [0.5, 0.6) is 5.75 Å². The maximum Gasteiger partial charge on any atom is 0.252 e. The molecule has 4 rings (SSSR count). The van der Waals surface area contributed by atoms with E-state index in [0.717, 1.165) is 34.1 Å². The van der Waals surface area contributed by atoms with Gasteiger partial charge in [0.15, 0.2) is 5.82 Å². The molecule has 0 atom stereocenters. The highest BCUT2D eigenvalue weighted by Gasteiger charge is 2.30. The standard InChI is InChI=1S/C21H24N4O3S2/c1-3-16-8-11-21(29-16)30(26,27)25-14-12-24(13-15-25)20-10-9-18(22-23-20)17-6-4-5-7-19(17)28-2/h4-11H,3,12-15H2,1-2H3. The molecule has 30 heavy (non-hydrogen) atoms. The van der Waals surface area contributed by atoms with Crippen LogP contribution in [0.2, 0.25) is 0 Å². The van der Waals surface area contributed by atoms with Gasteiger partial charge in [0.1, 0.15) is 9.96 Å².